The van der Waals surface area contributed by atoms with Crippen molar-refractivity contribution in [2.45, 2.75) is 27.7 Å². The highest BCUT2D eigenvalue weighted by atomic mass is 16.2. The zero-order chi connectivity index (χ0) is 20.1. The molecule has 0 N–H and O–H groups in total. The molecule has 0 heterocycles. The monoisotopic (exact) mass is 364 g/mol. The smallest absolute Gasteiger partial charge is 0.224 e. The van der Waals surface area contributed by atoms with Crippen LogP contribution < -0.4 is 4.90 Å². The third-order valence-electron chi connectivity index (χ3n) is 4.44. The summed E-state index contributed by atoms with van der Waals surface area (Å²) in [4.78, 5) is 40.6. The summed E-state index contributed by atoms with van der Waals surface area (Å²) in [6.07, 6.45) is 5.79. The van der Waals surface area contributed by atoms with Gasteiger partial charge in [-0.15, -0.1) is 0 Å². The van der Waals surface area contributed by atoms with Crippen LogP contribution in [0.25, 0.3) is 5.57 Å². The van der Waals surface area contributed by atoms with Gasteiger partial charge in [-0.3, -0.25) is 19.4 Å². The van der Waals surface area contributed by atoms with Crippen molar-refractivity contribution in [2.24, 2.45) is 4.99 Å². The minimum Gasteiger partial charge on any atom is -0.305 e. The van der Waals surface area contributed by atoms with Crippen molar-refractivity contribution in [3.8, 4) is 0 Å². The number of nitrogens with zero attached hydrogens (tertiary/aromatic N) is 2. The molecule has 5 nitrogen and oxygen atoms in total. The fourth-order valence-electron chi connectivity index (χ4n) is 2.84. The van der Waals surface area contributed by atoms with Crippen molar-refractivity contribution in [1.82, 2.24) is 0 Å². The van der Waals surface area contributed by atoms with Crippen LogP contribution >= 0.6 is 0 Å². The predicted octanol–water partition coefficient (Wildman–Crippen LogP) is 3.56. The van der Waals surface area contributed by atoms with Crippen LogP contribution in [0.3, 0.4) is 0 Å². The molecule has 0 aromatic heterocycles. The fraction of sp³-hybridized carbons (Fsp3) is 0.273. The van der Waals surface area contributed by atoms with Crippen LogP contribution in [0.15, 0.2) is 58.6 Å². The summed E-state index contributed by atoms with van der Waals surface area (Å²) in [6.45, 7) is 6.30. The van der Waals surface area contributed by atoms with E-state index in [9.17, 15) is 14.4 Å². The van der Waals surface area contributed by atoms with Crippen molar-refractivity contribution >= 4 is 34.4 Å². The summed E-state index contributed by atoms with van der Waals surface area (Å²) in [5.41, 5.74) is 4.86. The molecule has 0 unspecified atom stereocenters. The standard InChI is InChI=1S/C22H24N2O3/c1-14(25)13-24(17(4)27)20-9-6-18(7-10-20)19-8-11-21(15(2)16(3)26)22(12-19)23-5/h6-12H,13H2,1-5H3/b21-15+,23-22?. The maximum absolute atomic E-state index is 11.8. The zero-order valence-electron chi connectivity index (χ0n) is 16.4. The fourth-order valence-corrected chi connectivity index (χ4v) is 2.84. The first-order valence-electron chi connectivity index (χ1n) is 8.71. The molecule has 1 aliphatic carbocycles. The number of anilines is 1. The molecule has 1 aliphatic rings. The molecule has 2 rings (SSSR count). The normalized spacial score (nSPS) is 16.8. The lowest BCUT2D eigenvalue weighted by Crippen LogP contribution is -2.32. The maximum Gasteiger partial charge on any atom is 0.224 e. The Balaban J connectivity index is 2.34. The number of benzene rings is 1. The van der Waals surface area contributed by atoms with Crippen LogP contribution in [0.2, 0.25) is 0 Å². The van der Waals surface area contributed by atoms with Crippen LogP contribution in [0.5, 0.6) is 0 Å². The SMILES string of the molecule is CN=C1C=C(c2ccc(N(CC(C)=O)C(C)=O)cc2)C=C/C1=C(/C)C(C)=O. The first-order chi connectivity index (χ1) is 12.7. The number of carbonyl (C=O) groups excluding carboxylic acids is 3. The lowest BCUT2D eigenvalue weighted by atomic mass is 9.91. The van der Waals surface area contributed by atoms with Gasteiger partial charge in [0.05, 0.1) is 12.3 Å². The molecule has 0 saturated carbocycles. The van der Waals surface area contributed by atoms with E-state index in [0.717, 1.165) is 22.4 Å². The quantitative estimate of drug-likeness (QED) is 0.750. The molecule has 140 valence electrons. The number of amides is 1. The van der Waals surface area contributed by atoms with E-state index in [1.807, 2.05) is 42.5 Å². The van der Waals surface area contributed by atoms with Crippen LogP contribution in [0, 0.1) is 0 Å². The lowest BCUT2D eigenvalue weighted by molar-refractivity contribution is -0.120. The van der Waals surface area contributed by atoms with Gasteiger partial charge in [-0.2, -0.15) is 0 Å². The Hall–Kier alpha value is -3.08. The van der Waals surface area contributed by atoms with Gasteiger partial charge in [-0.05, 0) is 50.1 Å². The molecule has 0 bridgehead atoms. The lowest BCUT2D eigenvalue weighted by Gasteiger charge is -2.20. The first kappa shape index (κ1) is 20.2. The predicted molar refractivity (Wildman–Crippen MR) is 109 cm³/mol. The average molecular weight is 364 g/mol. The molecule has 1 aromatic carbocycles. The Kier molecular flexibility index (Phi) is 6.40. The second-order valence-corrected chi connectivity index (χ2v) is 6.49. The van der Waals surface area contributed by atoms with Gasteiger partial charge in [-0.1, -0.05) is 24.3 Å². The highest BCUT2D eigenvalue weighted by Gasteiger charge is 2.16. The van der Waals surface area contributed by atoms with Crippen LogP contribution in [-0.4, -0.2) is 36.8 Å². The van der Waals surface area contributed by atoms with Crippen molar-refractivity contribution in [3.63, 3.8) is 0 Å². The average Bonchev–Trinajstić information content (AvgIpc) is 2.64. The van der Waals surface area contributed by atoms with Gasteiger partial charge in [0, 0.05) is 30.8 Å². The summed E-state index contributed by atoms with van der Waals surface area (Å²) < 4.78 is 0. The Labute approximate surface area is 159 Å². The second kappa shape index (κ2) is 8.54. The number of ketones is 2. The zero-order valence-corrected chi connectivity index (χ0v) is 16.4. The molecule has 0 spiro atoms. The van der Waals surface area contributed by atoms with Crippen LogP contribution in [-0.2, 0) is 14.4 Å². The third kappa shape index (κ3) is 4.76. The van der Waals surface area contributed by atoms with Crippen molar-refractivity contribution in [1.29, 1.82) is 0 Å². The highest BCUT2D eigenvalue weighted by molar-refractivity contribution is 6.20. The summed E-state index contributed by atoms with van der Waals surface area (Å²) in [7, 11) is 1.70. The second-order valence-electron chi connectivity index (χ2n) is 6.49. The van der Waals surface area contributed by atoms with Gasteiger partial charge in [0.2, 0.25) is 5.91 Å². The van der Waals surface area contributed by atoms with Crippen molar-refractivity contribution in [3.05, 3.63) is 59.2 Å². The molecule has 0 aliphatic heterocycles. The van der Waals surface area contributed by atoms with E-state index in [2.05, 4.69) is 4.99 Å². The molecule has 5 heteroatoms. The summed E-state index contributed by atoms with van der Waals surface area (Å²) in [5, 5.41) is 0. The molecule has 1 amide bonds. The number of rotatable bonds is 5. The molecule has 27 heavy (non-hydrogen) atoms. The largest absolute Gasteiger partial charge is 0.305 e. The number of hydrogen-bond donors (Lipinski definition) is 0. The maximum atomic E-state index is 11.8. The molecule has 1 aromatic rings. The highest BCUT2D eigenvalue weighted by Crippen LogP contribution is 2.26. The first-order valence-corrected chi connectivity index (χ1v) is 8.71. The molecular weight excluding hydrogens is 340 g/mol. The number of allylic oxidation sites excluding steroid dienone is 6. The van der Waals surface area contributed by atoms with E-state index < -0.39 is 0 Å². The molecule has 0 atom stereocenters. The van der Waals surface area contributed by atoms with Gasteiger partial charge >= 0.3 is 0 Å². The van der Waals surface area contributed by atoms with E-state index in [1.54, 1.807) is 20.9 Å². The Morgan fingerprint density at radius 1 is 0.963 bits per heavy atom. The van der Waals surface area contributed by atoms with Crippen molar-refractivity contribution < 1.29 is 14.4 Å². The number of carbonyl (C=O) groups is 3. The van der Waals surface area contributed by atoms with Gasteiger partial charge in [-0.25, -0.2) is 0 Å². The summed E-state index contributed by atoms with van der Waals surface area (Å²) in [6, 6.07) is 7.45. The summed E-state index contributed by atoms with van der Waals surface area (Å²) >= 11 is 0. The minimum absolute atomic E-state index is 0.0202. The van der Waals surface area contributed by atoms with Crippen LogP contribution in [0.4, 0.5) is 5.69 Å². The number of aliphatic imine (C=N–C) groups is 1. The number of Topliss-reactive ketones (excluding diaryl/α,β-unsaturated/α-hetero) is 2. The molecule has 0 radical (unpaired) electrons. The molecule has 0 fully saturated rings. The van der Waals surface area contributed by atoms with Gasteiger partial charge in [0.25, 0.3) is 0 Å². The van der Waals surface area contributed by atoms with Crippen LogP contribution in [0.1, 0.15) is 33.3 Å². The molecule has 0 saturated heterocycles. The topological polar surface area (TPSA) is 66.8 Å². The van der Waals surface area contributed by atoms with E-state index in [1.165, 1.54) is 18.7 Å². The van der Waals surface area contributed by atoms with E-state index >= 15 is 0 Å². The Morgan fingerprint density at radius 2 is 1.59 bits per heavy atom. The van der Waals surface area contributed by atoms with E-state index in [4.69, 9.17) is 0 Å². The minimum atomic E-state index is -0.176. The van der Waals surface area contributed by atoms with Gasteiger partial charge in [0.1, 0.15) is 5.78 Å². The summed E-state index contributed by atoms with van der Waals surface area (Å²) in [5.74, 6) is -0.229. The number of hydrogen-bond acceptors (Lipinski definition) is 4. The third-order valence-corrected chi connectivity index (χ3v) is 4.44. The Morgan fingerprint density at radius 3 is 2.07 bits per heavy atom. The molecular formula is C22H24N2O3. The van der Waals surface area contributed by atoms with Crippen molar-refractivity contribution in [2.75, 3.05) is 18.5 Å². The Bertz CT molecular complexity index is 900. The van der Waals surface area contributed by atoms with Gasteiger partial charge < -0.3 is 4.90 Å². The van der Waals surface area contributed by atoms with E-state index in [0.29, 0.717) is 11.3 Å². The van der Waals surface area contributed by atoms with E-state index in [-0.39, 0.29) is 24.0 Å². The van der Waals surface area contributed by atoms with Gasteiger partial charge in [0.15, 0.2) is 5.78 Å².